The summed E-state index contributed by atoms with van der Waals surface area (Å²) < 4.78 is 27.5. The van der Waals surface area contributed by atoms with E-state index < -0.39 is 9.84 Å². The Bertz CT molecular complexity index is 1850. The van der Waals surface area contributed by atoms with Crippen molar-refractivity contribution in [2.45, 2.75) is 48.6 Å². The monoisotopic (exact) mass is 568 g/mol. The second-order valence-electron chi connectivity index (χ2n) is 10.8. The summed E-state index contributed by atoms with van der Waals surface area (Å²) in [6.07, 6.45) is 10.6. The lowest BCUT2D eigenvalue weighted by atomic mass is 9.87. The number of nitrogen functional groups attached to an aromatic ring is 1. The van der Waals surface area contributed by atoms with Crippen molar-refractivity contribution in [3.63, 3.8) is 0 Å². The molecule has 2 bridgehead atoms. The zero-order chi connectivity index (χ0) is 28.3. The van der Waals surface area contributed by atoms with Crippen molar-refractivity contribution in [2.75, 3.05) is 12.0 Å². The number of carbonyl (C=O) groups excluding carboxylic acids is 1. The van der Waals surface area contributed by atoms with Crippen LogP contribution < -0.4 is 5.73 Å². The third-order valence-electron chi connectivity index (χ3n) is 8.23. The molecular formula is C29H28N8O3S. The second kappa shape index (κ2) is 9.51. The lowest BCUT2D eigenvalue weighted by molar-refractivity contribution is 0.0556. The maximum atomic E-state index is 13.2. The number of fused-ring (bicyclic) bond motifs is 3. The molecule has 0 radical (unpaired) electrons. The highest BCUT2D eigenvalue weighted by molar-refractivity contribution is 7.91. The SMILES string of the molecule is CS(=O)(=O)c1c(C2C[C@H]3CC[C@@H](C2)N3C(=O)c2ncc[nH]2)nc2c(-c3ccc(-c4ccccc4)nc3)cnn2c1N. The number of hydrogen-bond acceptors (Lipinski definition) is 8. The molecule has 2 fully saturated rings. The first kappa shape index (κ1) is 25.4. The molecule has 208 valence electrons. The van der Waals surface area contributed by atoms with E-state index in [1.54, 1.807) is 24.8 Å². The number of nitrogens with two attached hydrogens (primary N) is 1. The Morgan fingerprint density at radius 3 is 2.39 bits per heavy atom. The number of anilines is 1. The van der Waals surface area contributed by atoms with Crippen LogP contribution in [-0.4, -0.2) is 67.1 Å². The van der Waals surface area contributed by atoms with Crippen molar-refractivity contribution < 1.29 is 13.2 Å². The molecule has 0 aliphatic carbocycles. The molecule has 11 nitrogen and oxygen atoms in total. The number of sulfone groups is 1. The van der Waals surface area contributed by atoms with Crippen LogP contribution in [0.1, 0.15) is 47.9 Å². The fraction of sp³-hybridized carbons (Fsp3) is 0.276. The van der Waals surface area contributed by atoms with E-state index in [0.717, 1.165) is 35.9 Å². The average Bonchev–Trinajstić information content (AvgIpc) is 3.71. The lowest BCUT2D eigenvalue weighted by Gasteiger charge is -2.38. The third kappa shape index (κ3) is 4.26. The molecule has 2 aliphatic heterocycles. The van der Waals surface area contributed by atoms with Crippen molar-refractivity contribution in [1.82, 2.24) is 34.4 Å². The number of benzene rings is 1. The lowest BCUT2D eigenvalue weighted by Crippen LogP contribution is -2.46. The Morgan fingerprint density at radius 2 is 1.76 bits per heavy atom. The van der Waals surface area contributed by atoms with Gasteiger partial charge in [-0.15, -0.1) is 0 Å². The Balaban J connectivity index is 1.29. The van der Waals surface area contributed by atoms with Crippen molar-refractivity contribution in [3.8, 4) is 22.4 Å². The molecule has 3 atom stereocenters. The van der Waals surface area contributed by atoms with Crippen LogP contribution in [0, 0.1) is 0 Å². The number of nitrogens with zero attached hydrogens (tertiary/aromatic N) is 6. The third-order valence-corrected chi connectivity index (χ3v) is 9.39. The maximum Gasteiger partial charge on any atom is 0.290 e. The van der Waals surface area contributed by atoms with E-state index in [4.69, 9.17) is 10.7 Å². The Morgan fingerprint density at radius 1 is 1.00 bits per heavy atom. The number of hydrogen-bond donors (Lipinski definition) is 2. The standard InChI is InChI=1S/C29H28N8O3S/c1-41(39,40)25-24(19-13-20-8-9-21(14-19)36(20)29(38)27-31-11-12-32-27)35-28-22(16-34-37(28)26(25)30)18-7-10-23(33-15-18)17-5-3-2-4-6-17/h2-7,10-12,15-16,19-21H,8-9,13-14,30H2,1H3,(H,31,32)/t19?,20-,21+. The summed E-state index contributed by atoms with van der Waals surface area (Å²) in [4.78, 5) is 31.7. The van der Waals surface area contributed by atoms with Gasteiger partial charge in [-0.05, 0) is 31.7 Å². The minimum absolute atomic E-state index is 0.00686. The van der Waals surface area contributed by atoms with Gasteiger partial charge in [0, 0.05) is 59.5 Å². The van der Waals surface area contributed by atoms with Gasteiger partial charge >= 0.3 is 0 Å². The predicted octanol–water partition coefficient (Wildman–Crippen LogP) is 3.72. The molecule has 41 heavy (non-hydrogen) atoms. The number of H-pyrrole nitrogens is 1. The highest BCUT2D eigenvalue weighted by Gasteiger charge is 2.46. The number of imidazole rings is 1. The van der Waals surface area contributed by atoms with Crippen molar-refractivity contribution in [1.29, 1.82) is 0 Å². The van der Waals surface area contributed by atoms with Crippen LogP contribution in [0.4, 0.5) is 5.82 Å². The van der Waals surface area contributed by atoms with Crippen LogP contribution in [-0.2, 0) is 9.84 Å². The fourth-order valence-electron chi connectivity index (χ4n) is 6.45. The van der Waals surface area contributed by atoms with Crippen LogP contribution in [0.5, 0.6) is 0 Å². The van der Waals surface area contributed by atoms with E-state index in [1.807, 2.05) is 47.4 Å². The van der Waals surface area contributed by atoms with Crippen molar-refractivity contribution >= 4 is 27.2 Å². The van der Waals surface area contributed by atoms with Gasteiger partial charge in [-0.25, -0.2) is 18.4 Å². The van der Waals surface area contributed by atoms with Crippen LogP contribution >= 0.6 is 0 Å². The molecule has 1 unspecified atom stereocenters. The van der Waals surface area contributed by atoms with Gasteiger partial charge in [-0.2, -0.15) is 9.61 Å². The number of pyridine rings is 1. The van der Waals surface area contributed by atoms with Gasteiger partial charge in [0.15, 0.2) is 21.3 Å². The minimum atomic E-state index is -3.73. The number of carbonyl (C=O) groups is 1. The average molecular weight is 569 g/mol. The molecule has 1 amide bonds. The van der Waals surface area contributed by atoms with E-state index >= 15 is 0 Å². The van der Waals surface area contributed by atoms with Crippen LogP contribution in [0.25, 0.3) is 28.0 Å². The second-order valence-corrected chi connectivity index (χ2v) is 12.7. The molecule has 4 aromatic heterocycles. The molecular weight excluding hydrogens is 540 g/mol. The number of nitrogens with one attached hydrogen (secondary N) is 1. The van der Waals surface area contributed by atoms with Gasteiger partial charge < -0.3 is 15.6 Å². The van der Waals surface area contributed by atoms with E-state index in [0.29, 0.717) is 35.6 Å². The van der Waals surface area contributed by atoms with Crippen LogP contribution in [0.3, 0.4) is 0 Å². The molecule has 1 aromatic carbocycles. The van der Waals surface area contributed by atoms with Gasteiger partial charge in [0.05, 0.1) is 17.6 Å². The molecule has 0 saturated carbocycles. The van der Waals surface area contributed by atoms with Gasteiger partial charge in [-0.3, -0.25) is 9.78 Å². The molecule has 3 N–H and O–H groups in total. The summed E-state index contributed by atoms with van der Waals surface area (Å²) >= 11 is 0. The molecule has 2 saturated heterocycles. The fourth-order valence-corrected chi connectivity index (χ4v) is 7.51. The van der Waals surface area contributed by atoms with E-state index in [-0.39, 0.29) is 34.6 Å². The van der Waals surface area contributed by atoms with Gasteiger partial charge in [0.1, 0.15) is 10.7 Å². The van der Waals surface area contributed by atoms with E-state index in [9.17, 15) is 13.2 Å². The van der Waals surface area contributed by atoms with Crippen molar-refractivity contribution in [3.05, 3.63) is 78.8 Å². The molecule has 12 heteroatoms. The zero-order valence-electron chi connectivity index (χ0n) is 22.3. The molecule has 0 spiro atoms. The number of aromatic amines is 1. The summed E-state index contributed by atoms with van der Waals surface area (Å²) in [6.45, 7) is 0. The zero-order valence-corrected chi connectivity index (χ0v) is 23.1. The smallest absolute Gasteiger partial charge is 0.290 e. The van der Waals surface area contributed by atoms with E-state index in [1.165, 1.54) is 4.52 Å². The van der Waals surface area contributed by atoms with Crippen LogP contribution in [0.15, 0.2) is 72.1 Å². The summed E-state index contributed by atoms with van der Waals surface area (Å²) in [6, 6.07) is 13.7. The summed E-state index contributed by atoms with van der Waals surface area (Å²) in [5.41, 5.74) is 10.8. The quantitative estimate of drug-likeness (QED) is 0.325. The number of piperidine rings is 1. The first-order valence-electron chi connectivity index (χ1n) is 13.5. The highest BCUT2D eigenvalue weighted by atomic mass is 32.2. The Labute approximate surface area is 236 Å². The topological polar surface area (TPSA) is 152 Å². The van der Waals surface area contributed by atoms with E-state index in [2.05, 4.69) is 20.1 Å². The Hall–Kier alpha value is -4.58. The summed E-state index contributed by atoms with van der Waals surface area (Å²) in [5.74, 6) is 0.0362. The van der Waals surface area contributed by atoms with Gasteiger partial charge in [0.2, 0.25) is 0 Å². The molecule has 7 rings (SSSR count). The predicted molar refractivity (Wildman–Crippen MR) is 153 cm³/mol. The Kier molecular flexibility index (Phi) is 5.89. The minimum Gasteiger partial charge on any atom is -0.382 e. The summed E-state index contributed by atoms with van der Waals surface area (Å²) in [5, 5.41) is 4.42. The largest absolute Gasteiger partial charge is 0.382 e. The molecule has 6 heterocycles. The van der Waals surface area contributed by atoms with Gasteiger partial charge in [-0.1, -0.05) is 36.4 Å². The summed E-state index contributed by atoms with van der Waals surface area (Å²) in [7, 11) is -3.73. The molecule has 5 aromatic rings. The van der Waals surface area contributed by atoms with Gasteiger partial charge in [0.25, 0.3) is 5.91 Å². The van der Waals surface area contributed by atoms with Crippen LogP contribution in [0.2, 0.25) is 0 Å². The maximum absolute atomic E-state index is 13.2. The first-order chi connectivity index (χ1) is 19.8. The normalized spacial score (nSPS) is 20.5. The first-order valence-corrected chi connectivity index (χ1v) is 15.4. The number of amides is 1. The number of aromatic nitrogens is 6. The number of rotatable bonds is 5. The molecule has 2 aliphatic rings. The van der Waals surface area contributed by atoms with Crippen molar-refractivity contribution in [2.24, 2.45) is 0 Å². The highest BCUT2D eigenvalue weighted by Crippen LogP contribution is 2.45.